The lowest BCUT2D eigenvalue weighted by Crippen LogP contribution is -2.31. The summed E-state index contributed by atoms with van der Waals surface area (Å²) in [6, 6.07) is 9.53. The highest BCUT2D eigenvalue weighted by molar-refractivity contribution is 5.40. The van der Waals surface area contributed by atoms with E-state index in [4.69, 9.17) is 5.26 Å². The normalized spacial score (nSPS) is 20.3. The fourth-order valence-electron chi connectivity index (χ4n) is 3.53. The van der Waals surface area contributed by atoms with Gasteiger partial charge in [-0.1, -0.05) is 0 Å². The van der Waals surface area contributed by atoms with Gasteiger partial charge in [0.05, 0.1) is 35.5 Å². The fourth-order valence-corrected chi connectivity index (χ4v) is 3.53. The van der Waals surface area contributed by atoms with E-state index in [9.17, 15) is 23.1 Å². The standard InChI is InChI=1S/C19H18F3N3O2/c20-19(21,22)14-5-3-13(4-6-14)18-24-15(11-26)9-17(27)25(18)16-7-1-12(10-23)2-8-16/h1-2,7-9,13-14,26H,3-6,11H2. The number of nitrogens with zero attached hydrogens (tertiary/aromatic N) is 3. The van der Waals surface area contributed by atoms with Crippen LogP contribution in [-0.4, -0.2) is 20.8 Å². The molecule has 1 saturated carbocycles. The van der Waals surface area contributed by atoms with Crippen molar-refractivity contribution in [3.8, 4) is 11.8 Å². The molecular weight excluding hydrogens is 359 g/mol. The predicted molar refractivity (Wildman–Crippen MR) is 91.2 cm³/mol. The van der Waals surface area contributed by atoms with Crippen molar-refractivity contribution in [2.24, 2.45) is 5.92 Å². The summed E-state index contributed by atoms with van der Waals surface area (Å²) < 4.78 is 40.2. The number of aliphatic hydroxyl groups excluding tert-OH is 1. The number of aromatic nitrogens is 2. The maximum Gasteiger partial charge on any atom is 0.391 e. The Kier molecular flexibility index (Phi) is 5.33. The van der Waals surface area contributed by atoms with Gasteiger partial charge in [0.15, 0.2) is 0 Å². The number of hydrogen-bond acceptors (Lipinski definition) is 4. The average Bonchev–Trinajstić information content (AvgIpc) is 2.67. The van der Waals surface area contributed by atoms with Crippen LogP contribution in [0.1, 0.15) is 48.7 Å². The van der Waals surface area contributed by atoms with Gasteiger partial charge in [-0.05, 0) is 49.9 Å². The highest BCUT2D eigenvalue weighted by Crippen LogP contribution is 2.42. The van der Waals surface area contributed by atoms with Crippen molar-refractivity contribution in [3.63, 3.8) is 0 Å². The quantitative estimate of drug-likeness (QED) is 0.889. The second-order valence-corrected chi connectivity index (χ2v) is 6.69. The summed E-state index contributed by atoms with van der Waals surface area (Å²) in [6.07, 6.45) is -3.71. The molecule has 2 aromatic rings. The Hall–Kier alpha value is -2.66. The molecule has 1 aliphatic rings. The van der Waals surface area contributed by atoms with E-state index in [0.717, 1.165) is 0 Å². The van der Waals surface area contributed by atoms with Gasteiger partial charge < -0.3 is 5.11 Å². The molecule has 8 heteroatoms. The largest absolute Gasteiger partial charge is 0.391 e. The number of nitriles is 1. The third-order valence-electron chi connectivity index (χ3n) is 4.97. The van der Waals surface area contributed by atoms with Crippen molar-refractivity contribution in [1.29, 1.82) is 5.26 Å². The Balaban J connectivity index is 2.00. The summed E-state index contributed by atoms with van der Waals surface area (Å²) in [6.45, 7) is -0.422. The van der Waals surface area contributed by atoms with Crippen LogP contribution in [0, 0.1) is 17.2 Å². The molecule has 142 valence electrons. The van der Waals surface area contributed by atoms with Crippen molar-refractivity contribution in [1.82, 2.24) is 9.55 Å². The summed E-state index contributed by atoms with van der Waals surface area (Å²) >= 11 is 0. The third-order valence-corrected chi connectivity index (χ3v) is 4.97. The van der Waals surface area contributed by atoms with Crippen LogP contribution in [0.3, 0.4) is 0 Å². The van der Waals surface area contributed by atoms with Crippen LogP contribution >= 0.6 is 0 Å². The Morgan fingerprint density at radius 1 is 1.19 bits per heavy atom. The summed E-state index contributed by atoms with van der Waals surface area (Å²) in [4.78, 5) is 17.0. The first-order valence-electron chi connectivity index (χ1n) is 8.64. The molecule has 0 bridgehead atoms. The molecular formula is C19H18F3N3O2. The molecule has 0 spiro atoms. The predicted octanol–water partition coefficient (Wildman–Crippen LogP) is 3.43. The second kappa shape index (κ2) is 7.53. The van der Waals surface area contributed by atoms with E-state index < -0.39 is 24.3 Å². The van der Waals surface area contributed by atoms with Crippen molar-refractivity contribution in [3.05, 3.63) is 57.8 Å². The molecule has 1 N–H and O–H groups in total. The van der Waals surface area contributed by atoms with E-state index in [2.05, 4.69) is 4.98 Å². The zero-order valence-electron chi connectivity index (χ0n) is 14.4. The number of rotatable bonds is 3. The molecule has 0 amide bonds. The van der Waals surface area contributed by atoms with E-state index in [1.54, 1.807) is 24.3 Å². The maximum absolute atomic E-state index is 12.9. The van der Waals surface area contributed by atoms with Gasteiger partial charge in [0.1, 0.15) is 5.82 Å². The molecule has 0 atom stereocenters. The summed E-state index contributed by atoms with van der Waals surface area (Å²) in [5.74, 6) is -1.28. The first-order chi connectivity index (χ1) is 12.8. The lowest BCUT2D eigenvalue weighted by atomic mass is 9.81. The summed E-state index contributed by atoms with van der Waals surface area (Å²) in [7, 11) is 0. The highest BCUT2D eigenvalue weighted by atomic mass is 19.4. The molecule has 1 aromatic heterocycles. The molecule has 27 heavy (non-hydrogen) atoms. The molecule has 0 radical (unpaired) electrons. The molecule has 1 fully saturated rings. The average molecular weight is 377 g/mol. The van der Waals surface area contributed by atoms with Crippen LogP contribution in [0.4, 0.5) is 13.2 Å². The van der Waals surface area contributed by atoms with Gasteiger partial charge in [-0.25, -0.2) is 4.98 Å². The van der Waals surface area contributed by atoms with Gasteiger partial charge in [-0.2, -0.15) is 18.4 Å². The van der Waals surface area contributed by atoms with Crippen molar-refractivity contribution >= 4 is 0 Å². The molecule has 1 aliphatic carbocycles. The SMILES string of the molecule is N#Cc1ccc(-n2c(C3CCC(C(F)(F)F)CC3)nc(CO)cc2=O)cc1. The molecule has 3 rings (SSSR count). The van der Waals surface area contributed by atoms with E-state index in [1.807, 2.05) is 6.07 Å². The molecule has 0 saturated heterocycles. The van der Waals surface area contributed by atoms with Crippen LogP contribution in [0.5, 0.6) is 0 Å². The maximum atomic E-state index is 12.9. The minimum Gasteiger partial charge on any atom is -0.390 e. The minimum absolute atomic E-state index is 0.0131. The number of hydrogen-bond donors (Lipinski definition) is 1. The Bertz CT molecular complexity index is 906. The number of halogens is 3. The Morgan fingerprint density at radius 3 is 2.33 bits per heavy atom. The van der Waals surface area contributed by atoms with Crippen LogP contribution in [-0.2, 0) is 6.61 Å². The van der Waals surface area contributed by atoms with Crippen molar-refractivity contribution < 1.29 is 18.3 Å². The molecule has 0 aliphatic heterocycles. The van der Waals surface area contributed by atoms with E-state index in [-0.39, 0.29) is 37.3 Å². The Morgan fingerprint density at radius 2 is 1.81 bits per heavy atom. The monoisotopic (exact) mass is 377 g/mol. The fraction of sp³-hybridized carbons (Fsp3) is 0.421. The molecule has 1 aromatic carbocycles. The van der Waals surface area contributed by atoms with E-state index in [1.165, 1.54) is 10.6 Å². The van der Waals surface area contributed by atoms with Gasteiger partial charge >= 0.3 is 6.18 Å². The van der Waals surface area contributed by atoms with Gasteiger partial charge in [-0.3, -0.25) is 9.36 Å². The van der Waals surface area contributed by atoms with E-state index >= 15 is 0 Å². The molecule has 5 nitrogen and oxygen atoms in total. The molecule has 0 unspecified atom stereocenters. The van der Waals surface area contributed by atoms with Crippen LogP contribution < -0.4 is 5.56 Å². The Labute approximate surface area is 153 Å². The number of benzene rings is 1. The van der Waals surface area contributed by atoms with E-state index in [0.29, 0.717) is 17.1 Å². The zero-order valence-corrected chi connectivity index (χ0v) is 14.4. The smallest absolute Gasteiger partial charge is 0.390 e. The lowest BCUT2D eigenvalue weighted by Gasteiger charge is -2.30. The van der Waals surface area contributed by atoms with Gasteiger partial charge in [0.25, 0.3) is 5.56 Å². The molecule has 1 heterocycles. The van der Waals surface area contributed by atoms with Crippen LogP contribution in [0.2, 0.25) is 0 Å². The van der Waals surface area contributed by atoms with Crippen molar-refractivity contribution in [2.45, 2.75) is 44.4 Å². The first kappa shape index (κ1) is 19.1. The topological polar surface area (TPSA) is 78.9 Å². The minimum atomic E-state index is -4.21. The number of aliphatic hydroxyl groups is 1. The first-order valence-corrected chi connectivity index (χ1v) is 8.64. The van der Waals surface area contributed by atoms with Gasteiger partial charge in [-0.15, -0.1) is 0 Å². The van der Waals surface area contributed by atoms with Gasteiger partial charge in [0.2, 0.25) is 0 Å². The van der Waals surface area contributed by atoms with Crippen LogP contribution in [0.15, 0.2) is 35.1 Å². The summed E-state index contributed by atoms with van der Waals surface area (Å²) in [5, 5.41) is 18.3. The summed E-state index contributed by atoms with van der Waals surface area (Å²) in [5.41, 5.74) is 0.701. The number of alkyl halides is 3. The van der Waals surface area contributed by atoms with Crippen molar-refractivity contribution in [2.75, 3.05) is 0 Å². The van der Waals surface area contributed by atoms with Gasteiger partial charge in [0, 0.05) is 12.0 Å². The zero-order chi connectivity index (χ0) is 19.6. The second-order valence-electron chi connectivity index (χ2n) is 6.69. The highest BCUT2D eigenvalue weighted by Gasteiger charge is 2.42. The van der Waals surface area contributed by atoms with Crippen LogP contribution in [0.25, 0.3) is 5.69 Å². The lowest BCUT2D eigenvalue weighted by molar-refractivity contribution is -0.182. The third kappa shape index (κ3) is 4.03.